The Morgan fingerprint density at radius 3 is 2.78 bits per heavy atom. The summed E-state index contributed by atoms with van der Waals surface area (Å²) in [6.07, 6.45) is 5.59. The summed E-state index contributed by atoms with van der Waals surface area (Å²) in [5.74, 6) is 0.878. The second-order valence-corrected chi connectivity index (χ2v) is 5.44. The van der Waals surface area contributed by atoms with Crippen LogP contribution in [0, 0.1) is 0 Å². The summed E-state index contributed by atoms with van der Waals surface area (Å²) >= 11 is 0. The average molecular weight is 436 g/mol. The van der Waals surface area contributed by atoms with Crippen molar-refractivity contribution >= 4 is 29.9 Å². The van der Waals surface area contributed by atoms with Crippen molar-refractivity contribution in [1.82, 2.24) is 25.1 Å². The Morgan fingerprint density at radius 2 is 2.13 bits per heavy atom. The summed E-state index contributed by atoms with van der Waals surface area (Å²) in [5, 5.41) is 6.66. The van der Waals surface area contributed by atoms with Crippen LogP contribution in [0.3, 0.4) is 0 Å². The highest BCUT2D eigenvalue weighted by Crippen LogP contribution is 2.03. The van der Waals surface area contributed by atoms with Crippen LogP contribution in [-0.4, -0.2) is 72.4 Å². The summed E-state index contributed by atoms with van der Waals surface area (Å²) in [6.45, 7) is 11.3. The highest BCUT2D eigenvalue weighted by atomic mass is 127. The molecule has 1 saturated heterocycles. The van der Waals surface area contributed by atoms with Crippen molar-refractivity contribution in [1.29, 1.82) is 0 Å². The van der Waals surface area contributed by atoms with Crippen molar-refractivity contribution < 1.29 is 4.74 Å². The lowest BCUT2D eigenvalue weighted by Crippen LogP contribution is -2.44. The Labute approximate surface area is 155 Å². The highest BCUT2D eigenvalue weighted by Gasteiger charge is 2.16. The Hall–Kier alpha value is -0.870. The molecule has 0 amide bonds. The van der Waals surface area contributed by atoms with Crippen LogP contribution in [0.15, 0.2) is 23.7 Å². The lowest BCUT2D eigenvalue weighted by Gasteiger charge is -2.31. The second kappa shape index (κ2) is 11.6. The summed E-state index contributed by atoms with van der Waals surface area (Å²) in [7, 11) is 0. The molecule has 1 aliphatic rings. The SMILES string of the molecule is CCNC(=NCC(C)N1CCOCC1)NCCn1ccnc1.I. The van der Waals surface area contributed by atoms with E-state index in [1.165, 1.54) is 0 Å². The van der Waals surface area contributed by atoms with Crippen LogP contribution < -0.4 is 10.6 Å². The number of morpholine rings is 1. The number of guanidine groups is 1. The van der Waals surface area contributed by atoms with Crippen LogP contribution in [0.1, 0.15) is 13.8 Å². The maximum absolute atomic E-state index is 5.39. The number of hydrogen-bond acceptors (Lipinski definition) is 4. The molecule has 0 bridgehead atoms. The van der Waals surface area contributed by atoms with Crippen LogP contribution in [0.25, 0.3) is 0 Å². The fourth-order valence-corrected chi connectivity index (χ4v) is 2.42. The number of aromatic nitrogens is 2. The van der Waals surface area contributed by atoms with E-state index in [4.69, 9.17) is 9.73 Å². The van der Waals surface area contributed by atoms with Gasteiger partial charge in [-0.15, -0.1) is 24.0 Å². The van der Waals surface area contributed by atoms with Crippen molar-refractivity contribution in [3.05, 3.63) is 18.7 Å². The van der Waals surface area contributed by atoms with Gasteiger partial charge in [0.1, 0.15) is 0 Å². The predicted octanol–water partition coefficient (Wildman–Crippen LogP) is 0.777. The molecule has 1 aromatic rings. The minimum atomic E-state index is 0. The third-order valence-corrected chi connectivity index (χ3v) is 3.75. The molecule has 8 heteroatoms. The van der Waals surface area contributed by atoms with Gasteiger partial charge in [0.05, 0.1) is 26.1 Å². The molecule has 132 valence electrons. The first-order valence-corrected chi connectivity index (χ1v) is 8.09. The third-order valence-electron chi connectivity index (χ3n) is 3.75. The smallest absolute Gasteiger partial charge is 0.191 e. The second-order valence-electron chi connectivity index (χ2n) is 5.44. The first-order valence-electron chi connectivity index (χ1n) is 8.09. The number of hydrogen-bond donors (Lipinski definition) is 2. The summed E-state index contributed by atoms with van der Waals surface area (Å²) in [6, 6.07) is 0.438. The Bertz CT molecular complexity index is 433. The van der Waals surface area contributed by atoms with Gasteiger partial charge in [-0.05, 0) is 13.8 Å². The summed E-state index contributed by atoms with van der Waals surface area (Å²) in [4.78, 5) is 11.2. The van der Waals surface area contributed by atoms with E-state index in [-0.39, 0.29) is 24.0 Å². The fraction of sp³-hybridized carbons (Fsp3) is 0.733. The molecule has 1 atom stereocenters. The van der Waals surface area contributed by atoms with Crippen molar-refractivity contribution in [3.63, 3.8) is 0 Å². The zero-order valence-electron chi connectivity index (χ0n) is 14.1. The summed E-state index contributed by atoms with van der Waals surface area (Å²) in [5.41, 5.74) is 0. The number of nitrogens with zero attached hydrogens (tertiary/aromatic N) is 4. The molecule has 7 nitrogen and oxygen atoms in total. The molecule has 2 heterocycles. The standard InChI is InChI=1S/C15H28N6O.HI/c1-3-17-15(18-5-7-20-6-4-16-13-20)19-12-14(2)21-8-10-22-11-9-21;/h4,6,13-14H,3,5,7-12H2,1-2H3,(H2,17,18,19);1H. The minimum absolute atomic E-state index is 0. The van der Waals surface area contributed by atoms with Gasteiger partial charge >= 0.3 is 0 Å². The first kappa shape index (κ1) is 20.2. The zero-order valence-corrected chi connectivity index (χ0v) is 16.4. The molecular formula is C15H29IN6O. The lowest BCUT2D eigenvalue weighted by atomic mass is 10.2. The van der Waals surface area contributed by atoms with E-state index in [1.807, 2.05) is 17.1 Å². The number of nitrogens with one attached hydrogen (secondary N) is 2. The molecule has 2 rings (SSSR count). The first-order chi connectivity index (χ1) is 10.8. The Morgan fingerprint density at radius 1 is 1.35 bits per heavy atom. The Balaban J connectivity index is 0.00000264. The van der Waals surface area contributed by atoms with E-state index >= 15 is 0 Å². The van der Waals surface area contributed by atoms with Crippen molar-refractivity contribution in [3.8, 4) is 0 Å². The highest BCUT2D eigenvalue weighted by molar-refractivity contribution is 14.0. The van der Waals surface area contributed by atoms with E-state index < -0.39 is 0 Å². The number of imidazole rings is 1. The van der Waals surface area contributed by atoms with E-state index in [9.17, 15) is 0 Å². The number of ether oxygens (including phenoxy) is 1. The largest absolute Gasteiger partial charge is 0.379 e. The van der Waals surface area contributed by atoms with Gasteiger partial charge in [-0.2, -0.15) is 0 Å². The molecule has 0 spiro atoms. The van der Waals surface area contributed by atoms with Crippen molar-refractivity contribution in [2.24, 2.45) is 4.99 Å². The van der Waals surface area contributed by atoms with Gasteiger partial charge in [0.15, 0.2) is 5.96 Å². The molecule has 0 aliphatic carbocycles. The molecular weight excluding hydrogens is 407 g/mol. The Kier molecular flexibility index (Phi) is 10.2. The number of halogens is 1. The van der Waals surface area contributed by atoms with E-state index in [1.54, 1.807) is 6.20 Å². The fourth-order valence-electron chi connectivity index (χ4n) is 2.42. The van der Waals surface area contributed by atoms with Gasteiger partial charge in [-0.3, -0.25) is 9.89 Å². The molecule has 0 aromatic carbocycles. The third kappa shape index (κ3) is 7.49. The van der Waals surface area contributed by atoms with Crippen LogP contribution in [0.4, 0.5) is 0 Å². The molecule has 0 saturated carbocycles. The predicted molar refractivity (Wildman–Crippen MR) is 103 cm³/mol. The molecule has 2 N–H and O–H groups in total. The monoisotopic (exact) mass is 436 g/mol. The van der Waals surface area contributed by atoms with Gasteiger partial charge in [0.25, 0.3) is 0 Å². The zero-order chi connectivity index (χ0) is 15.6. The van der Waals surface area contributed by atoms with Gasteiger partial charge in [0.2, 0.25) is 0 Å². The minimum Gasteiger partial charge on any atom is -0.379 e. The molecule has 1 unspecified atom stereocenters. The molecule has 1 aliphatic heterocycles. The lowest BCUT2D eigenvalue weighted by molar-refractivity contribution is 0.0220. The quantitative estimate of drug-likeness (QED) is 0.376. The number of rotatable bonds is 7. The van der Waals surface area contributed by atoms with Gasteiger partial charge < -0.3 is 19.9 Å². The average Bonchev–Trinajstić information content (AvgIpc) is 3.06. The topological polar surface area (TPSA) is 66.7 Å². The maximum atomic E-state index is 5.39. The van der Waals surface area contributed by atoms with Crippen molar-refractivity contribution in [2.75, 3.05) is 45.9 Å². The normalized spacial score (nSPS) is 17.4. The molecule has 23 heavy (non-hydrogen) atoms. The van der Waals surface area contributed by atoms with Crippen LogP contribution in [0.2, 0.25) is 0 Å². The van der Waals surface area contributed by atoms with E-state index in [0.29, 0.717) is 6.04 Å². The van der Waals surface area contributed by atoms with E-state index in [0.717, 1.165) is 58.4 Å². The van der Waals surface area contributed by atoms with Gasteiger partial charge in [-0.1, -0.05) is 0 Å². The van der Waals surface area contributed by atoms with Crippen LogP contribution >= 0.6 is 24.0 Å². The number of aliphatic imine (C=N–C) groups is 1. The van der Waals surface area contributed by atoms with Crippen molar-refractivity contribution in [2.45, 2.75) is 26.4 Å². The molecule has 0 radical (unpaired) electrons. The summed E-state index contributed by atoms with van der Waals surface area (Å²) < 4.78 is 7.44. The maximum Gasteiger partial charge on any atom is 0.191 e. The van der Waals surface area contributed by atoms with Gasteiger partial charge in [-0.25, -0.2) is 4.98 Å². The van der Waals surface area contributed by atoms with E-state index in [2.05, 4.69) is 34.4 Å². The van der Waals surface area contributed by atoms with Crippen LogP contribution in [0.5, 0.6) is 0 Å². The van der Waals surface area contributed by atoms with Crippen LogP contribution in [-0.2, 0) is 11.3 Å². The molecule has 1 aromatic heterocycles. The van der Waals surface area contributed by atoms with Gasteiger partial charge in [0, 0.05) is 51.2 Å². The molecule has 1 fully saturated rings.